The molecule has 2 unspecified atom stereocenters. The van der Waals surface area contributed by atoms with Crippen molar-refractivity contribution in [1.29, 1.82) is 0 Å². The highest BCUT2D eigenvalue weighted by atomic mass is 19.4. The van der Waals surface area contributed by atoms with E-state index in [0.29, 0.717) is 5.56 Å². The van der Waals surface area contributed by atoms with Gasteiger partial charge in [-0.15, -0.1) is 0 Å². The van der Waals surface area contributed by atoms with E-state index in [4.69, 9.17) is 5.21 Å². The fourth-order valence-electron chi connectivity index (χ4n) is 4.44. The zero-order chi connectivity index (χ0) is 30.0. The lowest BCUT2D eigenvalue weighted by Gasteiger charge is -2.46. The zero-order valence-electron chi connectivity index (χ0n) is 21.2. The number of rotatable bonds is 6. The number of carbonyl (C=O) groups excluding carboxylic acids is 2. The van der Waals surface area contributed by atoms with Crippen LogP contribution in [0.1, 0.15) is 35.3 Å². The van der Waals surface area contributed by atoms with Gasteiger partial charge in [0, 0.05) is 36.4 Å². The Balaban J connectivity index is 1.90. The van der Waals surface area contributed by atoms with Gasteiger partial charge < -0.3 is 4.90 Å². The molecule has 0 aliphatic carbocycles. The molecule has 0 saturated carbocycles. The molecule has 0 radical (unpaired) electrons. The molecule has 0 spiro atoms. The standard InChI is InChI=1S/C25H26F8N4O3/c1-15-11-35(12-16(2)37(15)14-23(26,27)25(31,32)33)22(39)36(20-5-3-4-19(10-20)24(28,29)30)13-17-6-8-18(9-7-17)21(38)34-40/h3-10,15-16,40H,11-14H2,1-2H3,(H,34,38). The molecule has 0 bridgehead atoms. The van der Waals surface area contributed by atoms with Crippen molar-refractivity contribution in [1.82, 2.24) is 15.3 Å². The SMILES string of the molecule is CC1CN(C(=O)N(Cc2ccc(C(=O)NO)cc2)c2cccc(C(F)(F)F)c2)CC(C)N1CC(F)(F)C(F)(F)F. The number of hydroxylamine groups is 1. The maximum absolute atomic E-state index is 13.8. The molecule has 0 aromatic heterocycles. The minimum absolute atomic E-state index is 0.0672. The summed E-state index contributed by atoms with van der Waals surface area (Å²) in [7, 11) is 0. The second kappa shape index (κ2) is 11.6. The van der Waals surface area contributed by atoms with Gasteiger partial charge in [-0.05, 0) is 49.7 Å². The van der Waals surface area contributed by atoms with Crippen LogP contribution < -0.4 is 10.4 Å². The molecule has 2 atom stereocenters. The molecule has 15 heteroatoms. The van der Waals surface area contributed by atoms with Crippen LogP contribution in [-0.2, 0) is 12.7 Å². The van der Waals surface area contributed by atoms with Gasteiger partial charge in [0.15, 0.2) is 0 Å². The Morgan fingerprint density at radius 2 is 1.52 bits per heavy atom. The molecule has 3 rings (SSSR count). The first-order valence-corrected chi connectivity index (χ1v) is 11.9. The molecule has 1 aliphatic heterocycles. The van der Waals surface area contributed by atoms with E-state index in [1.54, 1.807) is 0 Å². The molecule has 2 aromatic carbocycles. The Morgan fingerprint density at radius 3 is 2.02 bits per heavy atom. The number of halogens is 8. The van der Waals surface area contributed by atoms with Gasteiger partial charge in [-0.25, -0.2) is 10.3 Å². The van der Waals surface area contributed by atoms with E-state index in [9.17, 15) is 44.7 Å². The normalized spacial score (nSPS) is 18.9. The largest absolute Gasteiger partial charge is 0.454 e. The Kier molecular flexibility index (Phi) is 8.99. The van der Waals surface area contributed by atoms with E-state index in [1.165, 1.54) is 54.6 Å². The Hall–Kier alpha value is -3.46. The first-order valence-electron chi connectivity index (χ1n) is 11.9. The number of hydrogen-bond donors (Lipinski definition) is 2. The lowest BCUT2D eigenvalue weighted by atomic mass is 10.1. The van der Waals surface area contributed by atoms with Gasteiger partial charge in [-0.3, -0.25) is 19.8 Å². The second-order valence-electron chi connectivity index (χ2n) is 9.53. The first kappa shape index (κ1) is 31.1. The predicted octanol–water partition coefficient (Wildman–Crippen LogP) is 5.54. The number of anilines is 1. The van der Waals surface area contributed by atoms with Gasteiger partial charge in [0.2, 0.25) is 0 Å². The van der Waals surface area contributed by atoms with Crippen molar-refractivity contribution in [3.05, 3.63) is 65.2 Å². The number of hydrogen-bond acceptors (Lipinski definition) is 4. The van der Waals surface area contributed by atoms with Gasteiger partial charge in [-0.1, -0.05) is 18.2 Å². The van der Waals surface area contributed by atoms with E-state index in [1.807, 2.05) is 0 Å². The topological polar surface area (TPSA) is 76.1 Å². The Labute approximate surface area is 223 Å². The van der Waals surface area contributed by atoms with Gasteiger partial charge in [0.05, 0.1) is 18.7 Å². The monoisotopic (exact) mass is 582 g/mol. The molecular formula is C25H26F8N4O3. The van der Waals surface area contributed by atoms with E-state index in [-0.39, 0.29) is 30.9 Å². The Morgan fingerprint density at radius 1 is 0.950 bits per heavy atom. The number of piperazine rings is 1. The Bertz CT molecular complexity index is 1190. The summed E-state index contributed by atoms with van der Waals surface area (Å²) in [6.07, 6.45) is -10.5. The van der Waals surface area contributed by atoms with Crippen LogP contribution in [0.4, 0.5) is 45.6 Å². The molecule has 1 saturated heterocycles. The van der Waals surface area contributed by atoms with Crippen LogP contribution in [0.5, 0.6) is 0 Å². The number of nitrogens with zero attached hydrogens (tertiary/aromatic N) is 3. The van der Waals surface area contributed by atoms with Crippen LogP contribution >= 0.6 is 0 Å². The smallest absolute Gasteiger partial charge is 0.321 e. The number of urea groups is 1. The second-order valence-corrected chi connectivity index (χ2v) is 9.53. The summed E-state index contributed by atoms with van der Waals surface area (Å²) in [6.45, 7) is 0.358. The van der Waals surface area contributed by atoms with Crippen LogP contribution in [-0.4, -0.2) is 70.8 Å². The van der Waals surface area contributed by atoms with Crippen molar-refractivity contribution >= 4 is 17.6 Å². The summed E-state index contributed by atoms with van der Waals surface area (Å²) in [5.74, 6) is -5.79. The first-order chi connectivity index (χ1) is 18.4. The summed E-state index contributed by atoms with van der Waals surface area (Å²) in [6, 6.07) is 6.78. The van der Waals surface area contributed by atoms with Crippen molar-refractivity contribution in [2.75, 3.05) is 24.5 Å². The summed E-state index contributed by atoms with van der Waals surface area (Å²) >= 11 is 0. The molecule has 2 aromatic rings. The third-order valence-corrected chi connectivity index (χ3v) is 6.54. The summed E-state index contributed by atoms with van der Waals surface area (Å²) < 4.78 is 106. The van der Waals surface area contributed by atoms with E-state index in [2.05, 4.69) is 0 Å². The maximum Gasteiger partial charge on any atom is 0.454 e. The van der Waals surface area contributed by atoms with Crippen LogP contribution in [0.25, 0.3) is 0 Å². The number of benzene rings is 2. The molecule has 2 N–H and O–H groups in total. The lowest BCUT2D eigenvalue weighted by molar-refractivity contribution is -0.290. The third-order valence-electron chi connectivity index (χ3n) is 6.54. The predicted molar refractivity (Wildman–Crippen MR) is 127 cm³/mol. The lowest BCUT2D eigenvalue weighted by Crippen LogP contribution is -2.63. The van der Waals surface area contributed by atoms with E-state index >= 15 is 0 Å². The molecule has 3 amide bonds. The summed E-state index contributed by atoms with van der Waals surface area (Å²) in [5.41, 5.74) is 0.749. The van der Waals surface area contributed by atoms with Gasteiger partial charge >= 0.3 is 24.3 Å². The molecule has 7 nitrogen and oxygen atoms in total. The molecule has 1 aliphatic rings. The molecule has 1 fully saturated rings. The van der Waals surface area contributed by atoms with Crippen LogP contribution in [0.3, 0.4) is 0 Å². The van der Waals surface area contributed by atoms with Crippen molar-refractivity contribution in [3.63, 3.8) is 0 Å². The fraction of sp³-hybridized carbons (Fsp3) is 0.440. The number of carbonyl (C=O) groups is 2. The summed E-state index contributed by atoms with van der Waals surface area (Å²) in [4.78, 5) is 28.4. The average molecular weight is 582 g/mol. The van der Waals surface area contributed by atoms with Gasteiger partial charge in [0.25, 0.3) is 5.91 Å². The van der Waals surface area contributed by atoms with Crippen LogP contribution in [0, 0.1) is 0 Å². The van der Waals surface area contributed by atoms with Crippen LogP contribution in [0.2, 0.25) is 0 Å². The van der Waals surface area contributed by atoms with Crippen molar-refractivity contribution in [3.8, 4) is 0 Å². The molecule has 220 valence electrons. The van der Waals surface area contributed by atoms with E-state index < -0.39 is 54.4 Å². The quantitative estimate of drug-likeness (QED) is 0.267. The highest BCUT2D eigenvalue weighted by molar-refractivity contribution is 5.94. The average Bonchev–Trinajstić information content (AvgIpc) is 2.87. The maximum atomic E-state index is 13.8. The number of amides is 3. The number of nitrogens with one attached hydrogen (secondary N) is 1. The fourth-order valence-corrected chi connectivity index (χ4v) is 4.44. The minimum atomic E-state index is -5.76. The molecule has 1 heterocycles. The summed E-state index contributed by atoms with van der Waals surface area (Å²) in [5, 5.41) is 8.77. The van der Waals surface area contributed by atoms with Crippen molar-refractivity contribution in [2.45, 2.75) is 50.8 Å². The molecule has 40 heavy (non-hydrogen) atoms. The number of alkyl halides is 8. The van der Waals surface area contributed by atoms with Crippen molar-refractivity contribution < 1.29 is 49.9 Å². The minimum Gasteiger partial charge on any atom is -0.321 e. The zero-order valence-corrected chi connectivity index (χ0v) is 21.2. The van der Waals surface area contributed by atoms with Crippen molar-refractivity contribution in [2.24, 2.45) is 0 Å². The highest BCUT2D eigenvalue weighted by Crippen LogP contribution is 2.38. The highest BCUT2D eigenvalue weighted by Gasteiger charge is 2.59. The van der Waals surface area contributed by atoms with Gasteiger partial charge in [0.1, 0.15) is 0 Å². The van der Waals surface area contributed by atoms with Crippen LogP contribution in [0.15, 0.2) is 48.5 Å². The third kappa shape index (κ3) is 6.99. The molecular weight excluding hydrogens is 556 g/mol. The van der Waals surface area contributed by atoms with Gasteiger partial charge in [-0.2, -0.15) is 35.1 Å². The van der Waals surface area contributed by atoms with E-state index in [0.717, 1.165) is 28.0 Å².